The van der Waals surface area contributed by atoms with Crippen LogP contribution in [0.1, 0.15) is 11.1 Å². The van der Waals surface area contributed by atoms with Gasteiger partial charge in [-0.25, -0.2) is 0 Å². The second-order valence-electron chi connectivity index (χ2n) is 3.22. The van der Waals surface area contributed by atoms with Crippen molar-refractivity contribution in [3.05, 3.63) is 34.3 Å². The van der Waals surface area contributed by atoms with Crippen molar-refractivity contribution in [2.24, 2.45) is 0 Å². The maximum atomic E-state index is 12.2. The van der Waals surface area contributed by atoms with E-state index in [0.29, 0.717) is 12.1 Å². The van der Waals surface area contributed by atoms with Gasteiger partial charge in [0.05, 0.1) is 5.56 Å². The van der Waals surface area contributed by atoms with Crippen LogP contribution in [0.2, 0.25) is 5.02 Å². The SMILES string of the molecule is F[B-](F)(F)Cc1cc(C(F)(F)F)ccc1Cl.[K+]. The monoisotopic (exact) mass is 300 g/mol. The van der Waals surface area contributed by atoms with Gasteiger partial charge in [0, 0.05) is 5.02 Å². The maximum absolute atomic E-state index is 12.2. The van der Waals surface area contributed by atoms with Crippen LogP contribution in [0.15, 0.2) is 18.2 Å². The van der Waals surface area contributed by atoms with Crippen molar-refractivity contribution in [1.29, 1.82) is 0 Å². The molecule has 0 unspecified atom stereocenters. The van der Waals surface area contributed by atoms with E-state index >= 15 is 0 Å². The van der Waals surface area contributed by atoms with Crippen LogP contribution in [0, 0.1) is 0 Å². The number of alkyl halides is 3. The third kappa shape index (κ3) is 5.98. The Labute approximate surface area is 141 Å². The van der Waals surface area contributed by atoms with Crippen LogP contribution in [-0.4, -0.2) is 6.98 Å². The molecule has 9 heteroatoms. The summed E-state index contributed by atoms with van der Waals surface area (Å²) in [7, 11) is 0. The second kappa shape index (κ2) is 6.29. The van der Waals surface area contributed by atoms with Crippen LogP contribution in [0.3, 0.4) is 0 Å². The first kappa shape index (κ1) is 17.8. The summed E-state index contributed by atoms with van der Waals surface area (Å²) < 4.78 is 72.9. The van der Waals surface area contributed by atoms with E-state index in [1.807, 2.05) is 0 Å². The van der Waals surface area contributed by atoms with Crippen LogP contribution < -0.4 is 51.4 Å². The summed E-state index contributed by atoms with van der Waals surface area (Å²) >= 11 is 5.40. The maximum Gasteiger partial charge on any atom is 1.00 e. The van der Waals surface area contributed by atoms with E-state index < -0.39 is 30.6 Å². The van der Waals surface area contributed by atoms with Crippen molar-refractivity contribution in [2.75, 3.05) is 0 Å². The minimum Gasteiger partial charge on any atom is -0.449 e. The summed E-state index contributed by atoms with van der Waals surface area (Å²) in [4.78, 5) is 0. The number of benzene rings is 1. The largest absolute Gasteiger partial charge is 1.00 e. The van der Waals surface area contributed by atoms with Gasteiger partial charge in [-0.05, 0) is 18.2 Å². The summed E-state index contributed by atoms with van der Waals surface area (Å²) in [6, 6.07) is 1.90. The van der Waals surface area contributed by atoms with E-state index in [-0.39, 0.29) is 56.4 Å². The van der Waals surface area contributed by atoms with Crippen molar-refractivity contribution in [1.82, 2.24) is 0 Å². The van der Waals surface area contributed by atoms with E-state index in [0.717, 1.165) is 6.07 Å². The number of rotatable bonds is 2. The second-order valence-corrected chi connectivity index (χ2v) is 3.63. The molecular formula is C8H5BClF6K. The molecule has 90 valence electrons. The fourth-order valence-electron chi connectivity index (χ4n) is 1.16. The first-order chi connectivity index (χ1) is 7.09. The molecule has 0 saturated heterocycles. The van der Waals surface area contributed by atoms with Gasteiger partial charge in [0.25, 0.3) is 0 Å². The summed E-state index contributed by atoms with van der Waals surface area (Å²) in [5.74, 6) is 0. The van der Waals surface area contributed by atoms with Gasteiger partial charge in [-0.1, -0.05) is 23.5 Å². The molecule has 1 aromatic carbocycles. The molecule has 0 aliphatic rings. The van der Waals surface area contributed by atoms with E-state index in [1.54, 1.807) is 0 Å². The standard InChI is InChI=1S/C8H5BClF6.K/c10-7-2-1-6(8(11,12)13)3-5(7)4-9(14,15)16;/h1-3H,4H2;/q-1;+1. The van der Waals surface area contributed by atoms with E-state index in [4.69, 9.17) is 11.6 Å². The van der Waals surface area contributed by atoms with Crippen molar-refractivity contribution >= 4 is 18.6 Å². The van der Waals surface area contributed by atoms with Crippen LogP contribution in [0.25, 0.3) is 0 Å². The van der Waals surface area contributed by atoms with Crippen LogP contribution >= 0.6 is 11.6 Å². The van der Waals surface area contributed by atoms with Gasteiger partial charge in [-0.3, -0.25) is 0 Å². The molecule has 0 saturated carbocycles. The average Bonchev–Trinajstić information content (AvgIpc) is 2.04. The molecule has 0 bridgehead atoms. The molecule has 1 aromatic rings. The Kier molecular flexibility index (Phi) is 6.59. The summed E-state index contributed by atoms with van der Waals surface area (Å²) in [6.07, 6.45) is -6.08. The molecule has 0 heterocycles. The zero-order valence-corrected chi connectivity index (χ0v) is 12.5. The Morgan fingerprint density at radius 3 is 2.06 bits per heavy atom. The summed E-state index contributed by atoms with van der Waals surface area (Å²) in [5.41, 5.74) is -1.68. The van der Waals surface area contributed by atoms with Crippen molar-refractivity contribution < 1.29 is 77.5 Å². The number of hydrogen-bond acceptors (Lipinski definition) is 0. The Balaban J connectivity index is 0.00000256. The predicted molar refractivity (Wildman–Crippen MR) is 49.2 cm³/mol. The minimum absolute atomic E-state index is 0. The Morgan fingerprint density at radius 2 is 1.65 bits per heavy atom. The molecular weight excluding hydrogens is 295 g/mol. The van der Waals surface area contributed by atoms with Crippen LogP contribution in [0.5, 0.6) is 0 Å². The Hall–Kier alpha value is 0.791. The average molecular weight is 300 g/mol. The van der Waals surface area contributed by atoms with Gasteiger partial charge in [-0.2, -0.15) is 13.2 Å². The third-order valence-electron chi connectivity index (χ3n) is 1.82. The first-order valence-electron chi connectivity index (χ1n) is 4.16. The molecule has 0 nitrogen and oxygen atoms in total. The third-order valence-corrected chi connectivity index (χ3v) is 2.19. The summed E-state index contributed by atoms with van der Waals surface area (Å²) in [5, 5.41) is -0.313. The summed E-state index contributed by atoms with van der Waals surface area (Å²) in [6.45, 7) is -5.21. The molecule has 0 amide bonds. The zero-order chi connectivity index (χ0) is 12.6. The van der Waals surface area contributed by atoms with Crippen LogP contribution in [-0.2, 0) is 12.5 Å². The molecule has 0 atom stereocenters. The molecule has 0 spiro atoms. The fraction of sp³-hybridized carbons (Fsp3) is 0.250. The quantitative estimate of drug-likeness (QED) is 0.570. The van der Waals surface area contributed by atoms with Crippen LogP contribution in [0.4, 0.5) is 26.1 Å². The number of halogens is 7. The minimum atomic E-state index is -5.21. The van der Waals surface area contributed by atoms with Gasteiger partial charge >= 0.3 is 64.5 Å². The van der Waals surface area contributed by atoms with E-state index in [9.17, 15) is 26.1 Å². The van der Waals surface area contributed by atoms with Crippen molar-refractivity contribution in [3.8, 4) is 0 Å². The van der Waals surface area contributed by atoms with E-state index in [1.165, 1.54) is 0 Å². The van der Waals surface area contributed by atoms with Gasteiger partial charge < -0.3 is 12.9 Å². The van der Waals surface area contributed by atoms with Gasteiger partial charge in [0.1, 0.15) is 0 Å². The molecule has 0 aliphatic carbocycles. The normalized spacial score (nSPS) is 12.2. The molecule has 0 aliphatic heterocycles. The molecule has 0 N–H and O–H groups in total. The Morgan fingerprint density at radius 1 is 1.12 bits per heavy atom. The van der Waals surface area contributed by atoms with E-state index in [2.05, 4.69) is 0 Å². The van der Waals surface area contributed by atoms with Gasteiger partial charge in [0.2, 0.25) is 0 Å². The topological polar surface area (TPSA) is 0 Å². The predicted octanol–water partition coefficient (Wildman–Crippen LogP) is 1.29. The van der Waals surface area contributed by atoms with Gasteiger partial charge in [0.15, 0.2) is 0 Å². The van der Waals surface area contributed by atoms with Gasteiger partial charge in [-0.15, -0.1) is 0 Å². The zero-order valence-electron chi connectivity index (χ0n) is 8.66. The smallest absolute Gasteiger partial charge is 0.449 e. The molecule has 17 heavy (non-hydrogen) atoms. The fourth-order valence-corrected chi connectivity index (χ4v) is 1.35. The molecule has 0 fully saturated rings. The molecule has 0 aromatic heterocycles. The Bertz CT molecular complexity index is 389. The molecule has 0 radical (unpaired) electrons. The first-order valence-corrected chi connectivity index (χ1v) is 4.54. The van der Waals surface area contributed by atoms with Crippen molar-refractivity contribution in [2.45, 2.75) is 12.5 Å². The number of hydrogen-bond donors (Lipinski definition) is 0. The van der Waals surface area contributed by atoms with Crippen molar-refractivity contribution in [3.63, 3.8) is 0 Å². The molecule has 1 rings (SSSR count).